The van der Waals surface area contributed by atoms with Gasteiger partial charge in [0.2, 0.25) is 0 Å². The third-order valence-corrected chi connectivity index (χ3v) is 5.05. The van der Waals surface area contributed by atoms with Gasteiger partial charge in [-0.25, -0.2) is 4.39 Å². The lowest BCUT2D eigenvalue weighted by Gasteiger charge is -2.22. The van der Waals surface area contributed by atoms with E-state index < -0.39 is 0 Å². The average molecular weight is 305 g/mol. The summed E-state index contributed by atoms with van der Waals surface area (Å²) in [4.78, 5) is 0. The minimum absolute atomic E-state index is 0.134. The van der Waals surface area contributed by atoms with E-state index >= 15 is 0 Å². The Labute approximate surface area is 132 Å². The van der Waals surface area contributed by atoms with E-state index in [1.807, 2.05) is 6.07 Å². The molecule has 1 unspecified atom stereocenters. The predicted molar refractivity (Wildman–Crippen MR) is 88.8 cm³/mol. The summed E-state index contributed by atoms with van der Waals surface area (Å²) in [5.41, 5.74) is 8.59. The first-order chi connectivity index (χ1) is 9.82. The van der Waals surface area contributed by atoms with Crippen LogP contribution < -0.4 is 0 Å². The lowest BCUT2D eigenvalue weighted by molar-refractivity contribution is 0.625. The van der Waals surface area contributed by atoms with E-state index in [0.29, 0.717) is 6.42 Å². The van der Waals surface area contributed by atoms with Crippen molar-refractivity contribution in [1.29, 1.82) is 0 Å². The Kier molecular flexibility index (Phi) is 4.73. The Morgan fingerprint density at radius 3 is 1.95 bits per heavy atom. The van der Waals surface area contributed by atoms with Crippen molar-refractivity contribution in [3.05, 3.63) is 69.0 Å². The van der Waals surface area contributed by atoms with Gasteiger partial charge < -0.3 is 0 Å². The fourth-order valence-electron chi connectivity index (χ4n) is 2.97. The zero-order valence-corrected chi connectivity index (χ0v) is 14.1. The highest BCUT2D eigenvalue weighted by molar-refractivity contribution is 6.21. The molecule has 0 amide bonds. The van der Waals surface area contributed by atoms with Crippen molar-refractivity contribution in [2.75, 3.05) is 0 Å². The van der Waals surface area contributed by atoms with Gasteiger partial charge in [-0.2, -0.15) is 0 Å². The Hall–Kier alpha value is -1.34. The molecule has 0 N–H and O–H groups in total. The summed E-state index contributed by atoms with van der Waals surface area (Å²) in [5, 5.41) is -0.134. The fourth-order valence-corrected chi connectivity index (χ4v) is 3.48. The molecule has 2 aromatic rings. The van der Waals surface area contributed by atoms with Crippen molar-refractivity contribution in [1.82, 2.24) is 0 Å². The van der Waals surface area contributed by atoms with Crippen LogP contribution >= 0.6 is 11.6 Å². The number of alkyl halides is 1. The fraction of sp³-hybridized carbons (Fsp3) is 0.368. The van der Waals surface area contributed by atoms with Crippen LogP contribution in [0.15, 0.2) is 24.3 Å². The first-order valence-corrected chi connectivity index (χ1v) is 7.72. The molecule has 0 heterocycles. The topological polar surface area (TPSA) is 0 Å². The van der Waals surface area contributed by atoms with Crippen LogP contribution in [0.1, 0.15) is 44.3 Å². The second kappa shape index (κ2) is 6.19. The average Bonchev–Trinajstić information content (AvgIpc) is 2.43. The molecule has 0 saturated heterocycles. The monoisotopic (exact) mass is 304 g/mol. The third kappa shape index (κ3) is 3.13. The Bertz CT molecular complexity index is 645. The molecule has 0 bridgehead atoms. The van der Waals surface area contributed by atoms with Crippen molar-refractivity contribution in [3.8, 4) is 0 Å². The zero-order chi connectivity index (χ0) is 15.7. The Balaban J connectivity index is 2.42. The third-order valence-electron chi connectivity index (χ3n) is 4.68. The van der Waals surface area contributed by atoms with Crippen molar-refractivity contribution >= 4 is 11.6 Å². The van der Waals surface area contributed by atoms with Crippen LogP contribution in [-0.4, -0.2) is 0 Å². The van der Waals surface area contributed by atoms with Crippen molar-refractivity contribution in [3.63, 3.8) is 0 Å². The molecule has 0 aliphatic rings. The van der Waals surface area contributed by atoms with Crippen LogP contribution in [0, 0.1) is 40.4 Å². The largest absolute Gasteiger partial charge is 0.207 e. The lowest BCUT2D eigenvalue weighted by Crippen LogP contribution is -2.07. The van der Waals surface area contributed by atoms with Crippen LogP contribution in [-0.2, 0) is 6.42 Å². The van der Waals surface area contributed by atoms with Gasteiger partial charge in [-0.1, -0.05) is 12.1 Å². The van der Waals surface area contributed by atoms with Crippen LogP contribution in [0.25, 0.3) is 0 Å². The van der Waals surface area contributed by atoms with Crippen LogP contribution in [0.2, 0.25) is 0 Å². The minimum atomic E-state index is -0.207. The van der Waals surface area contributed by atoms with Gasteiger partial charge in [0, 0.05) is 0 Å². The van der Waals surface area contributed by atoms with Crippen molar-refractivity contribution in [2.24, 2.45) is 0 Å². The van der Waals surface area contributed by atoms with E-state index in [1.165, 1.54) is 39.4 Å². The zero-order valence-electron chi connectivity index (χ0n) is 13.3. The Morgan fingerprint density at radius 1 is 0.905 bits per heavy atom. The minimum Gasteiger partial charge on any atom is -0.207 e. The predicted octanol–water partition coefficient (Wildman–Crippen LogP) is 5.89. The summed E-state index contributed by atoms with van der Waals surface area (Å²) in [5.74, 6) is -0.207. The van der Waals surface area contributed by atoms with E-state index in [1.54, 1.807) is 12.1 Å². The normalized spacial score (nSPS) is 12.5. The summed E-state index contributed by atoms with van der Waals surface area (Å²) in [6.45, 7) is 10.7. The van der Waals surface area contributed by atoms with Gasteiger partial charge in [0.05, 0.1) is 5.38 Å². The van der Waals surface area contributed by atoms with Gasteiger partial charge >= 0.3 is 0 Å². The molecule has 0 aliphatic carbocycles. The molecule has 0 aliphatic heterocycles. The molecule has 112 valence electrons. The van der Waals surface area contributed by atoms with E-state index in [0.717, 1.165) is 5.56 Å². The van der Waals surface area contributed by atoms with E-state index in [2.05, 4.69) is 34.6 Å². The van der Waals surface area contributed by atoms with Gasteiger partial charge in [-0.15, -0.1) is 11.6 Å². The summed E-state index contributed by atoms with van der Waals surface area (Å²) in [7, 11) is 0. The van der Waals surface area contributed by atoms with E-state index in [-0.39, 0.29) is 11.2 Å². The number of hydrogen-bond donors (Lipinski definition) is 0. The van der Waals surface area contributed by atoms with Gasteiger partial charge in [-0.3, -0.25) is 0 Å². The molecule has 0 saturated carbocycles. The van der Waals surface area contributed by atoms with Crippen molar-refractivity contribution < 1.29 is 4.39 Å². The second-order valence-electron chi connectivity index (χ2n) is 5.84. The number of rotatable bonds is 3. The smallest absolute Gasteiger partial charge is 0.123 e. The number of halogens is 2. The summed E-state index contributed by atoms with van der Waals surface area (Å²) >= 11 is 6.68. The van der Waals surface area contributed by atoms with E-state index in [9.17, 15) is 4.39 Å². The molecule has 0 aromatic heterocycles. The molecular formula is C19H22ClF. The highest BCUT2D eigenvalue weighted by Crippen LogP contribution is 2.35. The van der Waals surface area contributed by atoms with E-state index in [4.69, 9.17) is 11.6 Å². The highest BCUT2D eigenvalue weighted by Gasteiger charge is 2.19. The molecule has 2 rings (SSSR count). The first kappa shape index (κ1) is 16.0. The SMILES string of the molecule is Cc1c(C)c(C)c(C(Cl)Cc2cccc(F)c2)c(C)c1C. The summed E-state index contributed by atoms with van der Waals surface area (Å²) in [6, 6.07) is 6.69. The van der Waals surface area contributed by atoms with Gasteiger partial charge in [-0.05, 0) is 92.1 Å². The second-order valence-corrected chi connectivity index (χ2v) is 6.37. The first-order valence-electron chi connectivity index (χ1n) is 7.28. The molecule has 0 nitrogen and oxygen atoms in total. The molecule has 2 heteroatoms. The molecular weight excluding hydrogens is 283 g/mol. The molecule has 0 radical (unpaired) electrons. The van der Waals surface area contributed by atoms with Crippen LogP contribution in [0.4, 0.5) is 4.39 Å². The highest BCUT2D eigenvalue weighted by atomic mass is 35.5. The maximum absolute atomic E-state index is 13.3. The molecule has 0 fully saturated rings. The van der Waals surface area contributed by atoms with Gasteiger partial charge in [0.1, 0.15) is 5.82 Å². The molecule has 0 spiro atoms. The standard InChI is InChI=1S/C19H22ClF/c1-11-12(2)14(4)19(15(5)13(11)3)18(20)10-16-7-6-8-17(21)9-16/h6-9,18H,10H2,1-5H3. The molecule has 1 atom stereocenters. The quantitative estimate of drug-likeness (QED) is 0.620. The van der Waals surface area contributed by atoms with Gasteiger partial charge in [0.25, 0.3) is 0 Å². The maximum atomic E-state index is 13.3. The summed E-state index contributed by atoms with van der Waals surface area (Å²) in [6.07, 6.45) is 0.642. The number of benzene rings is 2. The molecule has 2 aromatic carbocycles. The molecule has 21 heavy (non-hydrogen) atoms. The lowest BCUT2D eigenvalue weighted by atomic mass is 9.87. The van der Waals surface area contributed by atoms with Crippen LogP contribution in [0.3, 0.4) is 0 Å². The van der Waals surface area contributed by atoms with Crippen molar-refractivity contribution in [2.45, 2.75) is 46.4 Å². The van der Waals surface area contributed by atoms with Gasteiger partial charge in [0.15, 0.2) is 0 Å². The maximum Gasteiger partial charge on any atom is 0.123 e. The van der Waals surface area contributed by atoms with Crippen LogP contribution in [0.5, 0.6) is 0 Å². The Morgan fingerprint density at radius 2 is 1.43 bits per heavy atom. The summed E-state index contributed by atoms with van der Waals surface area (Å²) < 4.78 is 13.3. The number of hydrogen-bond acceptors (Lipinski definition) is 0.